The van der Waals surface area contributed by atoms with E-state index in [9.17, 15) is 17.2 Å². The van der Waals surface area contributed by atoms with Crippen LogP contribution in [0.1, 0.15) is 5.56 Å². The first-order chi connectivity index (χ1) is 12.3. The number of nitrogens with one attached hydrogen (secondary N) is 2. The number of aromatic nitrogens is 1. The van der Waals surface area contributed by atoms with Crippen LogP contribution in [-0.2, 0) is 10.0 Å². The Labute approximate surface area is 152 Å². The number of anilines is 1. The van der Waals surface area contributed by atoms with Crippen LogP contribution in [0, 0.1) is 23.0 Å². The Kier molecular flexibility index (Phi) is 4.68. The van der Waals surface area contributed by atoms with Gasteiger partial charge in [-0.1, -0.05) is 11.6 Å². The maximum Gasteiger partial charge on any atom is 0.263 e. The van der Waals surface area contributed by atoms with Gasteiger partial charge >= 0.3 is 0 Å². The molecular weight excluding hydrogens is 384 g/mol. The third-order valence-corrected chi connectivity index (χ3v) is 5.11. The van der Waals surface area contributed by atoms with Crippen molar-refractivity contribution in [2.24, 2.45) is 0 Å². The fourth-order valence-corrected chi connectivity index (χ4v) is 3.48. The average Bonchev–Trinajstić information content (AvgIpc) is 3.07. The van der Waals surface area contributed by atoms with Crippen molar-refractivity contribution in [2.75, 3.05) is 4.72 Å². The lowest BCUT2D eigenvalue weighted by Crippen LogP contribution is -2.13. The van der Waals surface area contributed by atoms with Gasteiger partial charge < -0.3 is 4.98 Å². The Bertz CT molecular complexity index is 1140. The monoisotopic (exact) mass is 393 g/mol. The number of nitrogens with zero attached hydrogens (tertiary/aromatic N) is 1. The molecule has 9 heteroatoms. The van der Waals surface area contributed by atoms with E-state index in [4.69, 9.17) is 16.9 Å². The van der Waals surface area contributed by atoms with Crippen LogP contribution in [0.25, 0.3) is 11.3 Å². The van der Waals surface area contributed by atoms with E-state index in [-0.39, 0.29) is 32.4 Å². The third kappa shape index (κ3) is 3.54. The summed E-state index contributed by atoms with van der Waals surface area (Å²) >= 11 is 5.70. The molecule has 3 aromatic rings. The van der Waals surface area contributed by atoms with Gasteiger partial charge in [0.25, 0.3) is 10.0 Å². The largest absolute Gasteiger partial charge is 0.360 e. The van der Waals surface area contributed by atoms with Crippen molar-refractivity contribution in [3.63, 3.8) is 0 Å². The molecule has 3 rings (SSSR count). The second kappa shape index (κ2) is 6.78. The fraction of sp³-hybridized carbons (Fsp3) is 0. The lowest BCUT2D eigenvalue weighted by atomic mass is 10.1. The molecule has 1 aromatic heterocycles. The lowest BCUT2D eigenvalue weighted by Gasteiger charge is -2.07. The molecule has 0 aliphatic carbocycles. The molecule has 0 aliphatic heterocycles. The third-order valence-electron chi connectivity index (χ3n) is 3.53. The molecule has 5 nitrogen and oxygen atoms in total. The van der Waals surface area contributed by atoms with E-state index < -0.39 is 21.7 Å². The molecule has 0 fully saturated rings. The van der Waals surface area contributed by atoms with Gasteiger partial charge in [-0.05, 0) is 42.5 Å². The number of sulfonamides is 1. The SMILES string of the molecule is N#Cc1ccc(NS(=O)(=O)c2c[nH]c(-c3ccc(Cl)cc3F)c2)c(F)c1. The van der Waals surface area contributed by atoms with Crippen LogP contribution in [0.4, 0.5) is 14.5 Å². The Morgan fingerprint density at radius 2 is 1.85 bits per heavy atom. The maximum absolute atomic E-state index is 14.0. The van der Waals surface area contributed by atoms with E-state index in [0.717, 1.165) is 24.4 Å². The summed E-state index contributed by atoms with van der Waals surface area (Å²) in [7, 11) is -4.12. The number of H-pyrrole nitrogens is 1. The van der Waals surface area contributed by atoms with Crippen LogP contribution >= 0.6 is 11.6 Å². The molecule has 0 unspecified atom stereocenters. The molecular formula is C17H10ClF2N3O2S. The van der Waals surface area contributed by atoms with Crippen molar-refractivity contribution < 1.29 is 17.2 Å². The fourth-order valence-electron chi connectivity index (χ4n) is 2.26. The topological polar surface area (TPSA) is 85.8 Å². The number of halogens is 3. The Morgan fingerprint density at radius 3 is 2.50 bits per heavy atom. The summed E-state index contributed by atoms with van der Waals surface area (Å²) in [5.41, 5.74) is 0.122. The van der Waals surface area contributed by atoms with Gasteiger partial charge in [-0.25, -0.2) is 17.2 Å². The van der Waals surface area contributed by atoms with E-state index >= 15 is 0 Å². The van der Waals surface area contributed by atoms with Gasteiger partial charge in [-0.2, -0.15) is 5.26 Å². The first-order valence-corrected chi connectivity index (χ1v) is 9.02. The molecule has 0 radical (unpaired) electrons. The summed E-state index contributed by atoms with van der Waals surface area (Å²) in [5.74, 6) is -1.50. The van der Waals surface area contributed by atoms with Crippen molar-refractivity contribution in [3.05, 3.63) is 70.9 Å². The summed E-state index contributed by atoms with van der Waals surface area (Å²) in [6.07, 6.45) is 1.16. The first-order valence-electron chi connectivity index (χ1n) is 7.16. The zero-order valence-corrected chi connectivity index (χ0v) is 14.5. The molecule has 132 valence electrons. The highest BCUT2D eigenvalue weighted by atomic mass is 35.5. The molecule has 2 aromatic carbocycles. The van der Waals surface area contributed by atoms with Crippen molar-refractivity contribution in [1.82, 2.24) is 4.98 Å². The Balaban J connectivity index is 1.92. The second-order valence-corrected chi connectivity index (χ2v) is 7.40. The Hall–Kier alpha value is -2.89. The Morgan fingerprint density at radius 1 is 1.08 bits per heavy atom. The molecule has 0 saturated carbocycles. The summed E-state index contributed by atoms with van der Waals surface area (Å²) in [5, 5.41) is 8.93. The number of aromatic amines is 1. The zero-order chi connectivity index (χ0) is 18.9. The molecule has 26 heavy (non-hydrogen) atoms. The zero-order valence-electron chi connectivity index (χ0n) is 12.9. The number of benzene rings is 2. The normalized spacial score (nSPS) is 11.2. The minimum absolute atomic E-state index is 0.0626. The van der Waals surface area contributed by atoms with Gasteiger partial charge in [0.15, 0.2) is 0 Å². The van der Waals surface area contributed by atoms with Crippen LogP contribution in [0.5, 0.6) is 0 Å². The summed E-state index contributed by atoms with van der Waals surface area (Å²) in [6.45, 7) is 0. The van der Waals surface area contributed by atoms with E-state index in [0.29, 0.717) is 0 Å². The summed E-state index contributed by atoms with van der Waals surface area (Å²) < 4.78 is 54.8. The first kappa shape index (κ1) is 17.9. The number of rotatable bonds is 4. The van der Waals surface area contributed by atoms with Gasteiger partial charge in [0.1, 0.15) is 16.5 Å². The highest BCUT2D eigenvalue weighted by Crippen LogP contribution is 2.27. The van der Waals surface area contributed by atoms with E-state index in [2.05, 4.69) is 9.71 Å². The smallest absolute Gasteiger partial charge is 0.263 e. The molecule has 0 amide bonds. The molecule has 0 atom stereocenters. The van der Waals surface area contributed by atoms with Gasteiger partial charge in [-0.3, -0.25) is 4.72 Å². The predicted octanol–water partition coefficient (Wildman–Crippen LogP) is 4.29. The summed E-state index contributed by atoms with van der Waals surface area (Å²) in [6, 6.07) is 10.3. The van der Waals surface area contributed by atoms with Crippen LogP contribution in [0.3, 0.4) is 0 Å². The molecule has 0 saturated heterocycles. The van der Waals surface area contributed by atoms with Crippen LogP contribution in [0.15, 0.2) is 53.6 Å². The second-order valence-electron chi connectivity index (χ2n) is 5.29. The maximum atomic E-state index is 14.0. The molecule has 2 N–H and O–H groups in total. The molecule has 0 spiro atoms. The van der Waals surface area contributed by atoms with Crippen LogP contribution in [0.2, 0.25) is 5.02 Å². The van der Waals surface area contributed by atoms with E-state index in [1.54, 1.807) is 6.07 Å². The van der Waals surface area contributed by atoms with Crippen molar-refractivity contribution in [1.29, 1.82) is 5.26 Å². The van der Waals surface area contributed by atoms with Crippen molar-refractivity contribution in [3.8, 4) is 17.3 Å². The van der Waals surface area contributed by atoms with Gasteiger partial charge in [-0.15, -0.1) is 0 Å². The number of nitriles is 1. The number of hydrogen-bond acceptors (Lipinski definition) is 3. The minimum atomic E-state index is -4.12. The van der Waals surface area contributed by atoms with Gasteiger partial charge in [0.05, 0.1) is 17.3 Å². The van der Waals surface area contributed by atoms with E-state index in [1.165, 1.54) is 24.3 Å². The highest BCUT2D eigenvalue weighted by Gasteiger charge is 2.19. The van der Waals surface area contributed by atoms with Crippen molar-refractivity contribution in [2.45, 2.75) is 4.90 Å². The molecule has 0 aliphatic rings. The molecule has 0 bridgehead atoms. The summed E-state index contributed by atoms with van der Waals surface area (Å²) in [4.78, 5) is 2.46. The molecule has 1 heterocycles. The van der Waals surface area contributed by atoms with Crippen LogP contribution < -0.4 is 4.72 Å². The quantitative estimate of drug-likeness (QED) is 0.693. The lowest BCUT2D eigenvalue weighted by molar-refractivity contribution is 0.598. The number of hydrogen-bond donors (Lipinski definition) is 2. The van der Waals surface area contributed by atoms with E-state index in [1.807, 2.05) is 0 Å². The van der Waals surface area contributed by atoms with Crippen molar-refractivity contribution >= 4 is 27.3 Å². The average molecular weight is 394 g/mol. The van der Waals surface area contributed by atoms with Gasteiger partial charge in [0, 0.05) is 22.5 Å². The predicted molar refractivity (Wildman–Crippen MR) is 93.1 cm³/mol. The standard InChI is InChI=1S/C17H10ClF2N3O2S/c18-11-2-3-13(14(19)6-11)17-7-12(9-22-17)26(24,25)23-16-4-1-10(8-21)5-15(16)20/h1-7,9,22-23H. The minimum Gasteiger partial charge on any atom is -0.360 e. The highest BCUT2D eigenvalue weighted by molar-refractivity contribution is 7.92. The van der Waals surface area contributed by atoms with Crippen LogP contribution in [-0.4, -0.2) is 13.4 Å². The van der Waals surface area contributed by atoms with Gasteiger partial charge in [0.2, 0.25) is 0 Å².